The van der Waals surface area contributed by atoms with E-state index in [1.807, 2.05) is 12.1 Å². The number of carbonyl (C=O) groups excluding carboxylic acids is 1. The quantitative estimate of drug-likeness (QED) is 0.525. The SMILES string of the molecule is C=C(C)C(=O)OC(CCCC)COc1ccc2cc(C(=O)O)ccc2c1. The highest BCUT2D eigenvalue weighted by molar-refractivity contribution is 5.94. The van der Waals surface area contributed by atoms with Crippen LogP contribution in [-0.2, 0) is 9.53 Å². The minimum atomic E-state index is -0.953. The smallest absolute Gasteiger partial charge is 0.335 e. The molecule has 2 rings (SSSR count). The van der Waals surface area contributed by atoms with Crippen molar-refractivity contribution in [3.8, 4) is 5.75 Å². The Morgan fingerprint density at radius 3 is 2.50 bits per heavy atom. The topological polar surface area (TPSA) is 72.8 Å². The molecule has 0 aliphatic heterocycles. The first-order valence-corrected chi connectivity index (χ1v) is 8.67. The monoisotopic (exact) mass is 356 g/mol. The summed E-state index contributed by atoms with van der Waals surface area (Å²) in [4.78, 5) is 22.8. The number of carbonyl (C=O) groups is 2. The Hall–Kier alpha value is -2.82. The number of esters is 1. The van der Waals surface area contributed by atoms with Gasteiger partial charge in [0.25, 0.3) is 0 Å². The van der Waals surface area contributed by atoms with Crippen LogP contribution in [0.25, 0.3) is 10.8 Å². The number of carboxylic acid groups (broad SMARTS) is 1. The third-order valence-electron chi connectivity index (χ3n) is 4.00. The molecule has 1 N–H and O–H groups in total. The molecule has 0 bridgehead atoms. The summed E-state index contributed by atoms with van der Waals surface area (Å²) < 4.78 is 11.2. The van der Waals surface area contributed by atoms with Gasteiger partial charge in [-0.3, -0.25) is 0 Å². The fourth-order valence-electron chi connectivity index (χ4n) is 2.50. The van der Waals surface area contributed by atoms with E-state index >= 15 is 0 Å². The lowest BCUT2D eigenvalue weighted by Gasteiger charge is -2.18. The minimum Gasteiger partial charge on any atom is -0.490 e. The maximum atomic E-state index is 11.8. The Morgan fingerprint density at radius 2 is 1.85 bits per heavy atom. The summed E-state index contributed by atoms with van der Waals surface area (Å²) in [6.45, 7) is 7.56. The lowest BCUT2D eigenvalue weighted by Crippen LogP contribution is -2.25. The van der Waals surface area contributed by atoms with Crippen LogP contribution in [0.15, 0.2) is 48.6 Å². The summed E-state index contributed by atoms with van der Waals surface area (Å²) in [6.07, 6.45) is 2.34. The Balaban J connectivity index is 2.07. The summed E-state index contributed by atoms with van der Waals surface area (Å²) in [7, 11) is 0. The van der Waals surface area contributed by atoms with Gasteiger partial charge in [-0.05, 0) is 54.8 Å². The number of fused-ring (bicyclic) bond motifs is 1. The second-order valence-corrected chi connectivity index (χ2v) is 6.29. The predicted molar refractivity (Wildman–Crippen MR) is 101 cm³/mol. The largest absolute Gasteiger partial charge is 0.490 e. The number of benzene rings is 2. The second kappa shape index (κ2) is 9.04. The normalized spacial score (nSPS) is 11.8. The van der Waals surface area contributed by atoms with E-state index in [1.165, 1.54) is 0 Å². The average molecular weight is 356 g/mol. The zero-order chi connectivity index (χ0) is 19.1. The molecule has 0 heterocycles. The summed E-state index contributed by atoms with van der Waals surface area (Å²) in [5.41, 5.74) is 0.615. The van der Waals surface area contributed by atoms with Crippen molar-refractivity contribution in [2.75, 3.05) is 6.61 Å². The van der Waals surface area contributed by atoms with Crippen molar-refractivity contribution < 1.29 is 24.2 Å². The molecule has 2 aromatic rings. The number of hydrogen-bond donors (Lipinski definition) is 1. The highest BCUT2D eigenvalue weighted by Gasteiger charge is 2.16. The molecule has 0 aromatic heterocycles. The fourth-order valence-corrected chi connectivity index (χ4v) is 2.50. The number of ether oxygens (including phenoxy) is 2. The molecule has 0 aliphatic carbocycles. The standard InChI is InChI=1S/C21H24O5/c1-4-5-6-19(26-21(24)14(2)3)13-25-18-10-9-15-11-17(20(22)23)8-7-16(15)12-18/h7-12,19H,2,4-6,13H2,1,3H3,(H,22,23). The van der Waals surface area contributed by atoms with Crippen LogP contribution in [0.3, 0.4) is 0 Å². The van der Waals surface area contributed by atoms with Crippen LogP contribution in [0, 0.1) is 0 Å². The molecule has 0 aliphatic rings. The molecule has 0 radical (unpaired) electrons. The van der Waals surface area contributed by atoms with Crippen molar-refractivity contribution in [3.05, 3.63) is 54.1 Å². The van der Waals surface area contributed by atoms with Crippen LogP contribution in [0.4, 0.5) is 0 Å². The molecular weight excluding hydrogens is 332 g/mol. The minimum absolute atomic E-state index is 0.248. The van der Waals surface area contributed by atoms with Crippen LogP contribution in [-0.4, -0.2) is 29.8 Å². The van der Waals surface area contributed by atoms with Gasteiger partial charge in [0.15, 0.2) is 0 Å². The van der Waals surface area contributed by atoms with Crippen molar-refractivity contribution in [3.63, 3.8) is 0 Å². The van der Waals surface area contributed by atoms with Crippen LogP contribution in [0.2, 0.25) is 0 Å². The molecule has 0 spiro atoms. The Labute approximate surface area is 153 Å². The van der Waals surface area contributed by atoms with E-state index < -0.39 is 11.9 Å². The third-order valence-corrected chi connectivity index (χ3v) is 4.00. The molecule has 1 unspecified atom stereocenters. The Kier molecular flexibility index (Phi) is 6.78. The summed E-state index contributed by atoms with van der Waals surface area (Å²) in [5.74, 6) is -0.715. The molecule has 5 heteroatoms. The van der Waals surface area contributed by atoms with Crippen LogP contribution < -0.4 is 4.74 Å². The highest BCUT2D eigenvalue weighted by Crippen LogP contribution is 2.23. The first-order chi connectivity index (χ1) is 12.4. The van der Waals surface area contributed by atoms with Gasteiger partial charge in [-0.25, -0.2) is 9.59 Å². The van der Waals surface area contributed by atoms with Gasteiger partial charge in [0.05, 0.1) is 5.56 Å². The maximum Gasteiger partial charge on any atom is 0.335 e. The molecule has 0 saturated carbocycles. The number of unbranched alkanes of at least 4 members (excludes halogenated alkanes) is 1. The Bertz CT molecular complexity index is 809. The van der Waals surface area contributed by atoms with E-state index in [0.717, 1.165) is 30.0 Å². The lowest BCUT2D eigenvalue weighted by atomic mass is 10.1. The zero-order valence-corrected chi connectivity index (χ0v) is 15.2. The number of carboxylic acids is 1. The van der Waals surface area contributed by atoms with Gasteiger partial charge in [0.1, 0.15) is 18.5 Å². The maximum absolute atomic E-state index is 11.8. The van der Waals surface area contributed by atoms with Crippen LogP contribution >= 0.6 is 0 Å². The molecule has 26 heavy (non-hydrogen) atoms. The average Bonchev–Trinajstić information content (AvgIpc) is 2.62. The molecule has 0 amide bonds. The van der Waals surface area contributed by atoms with Gasteiger partial charge < -0.3 is 14.6 Å². The molecule has 138 valence electrons. The number of aromatic carboxylic acids is 1. The van der Waals surface area contributed by atoms with E-state index in [4.69, 9.17) is 14.6 Å². The van der Waals surface area contributed by atoms with Gasteiger partial charge >= 0.3 is 11.9 Å². The summed E-state index contributed by atoms with van der Waals surface area (Å²) >= 11 is 0. The molecule has 0 fully saturated rings. The third kappa shape index (κ3) is 5.34. The first kappa shape index (κ1) is 19.5. The van der Waals surface area contributed by atoms with Crippen molar-refractivity contribution in [1.82, 2.24) is 0 Å². The van der Waals surface area contributed by atoms with E-state index in [0.29, 0.717) is 11.3 Å². The predicted octanol–water partition coefficient (Wildman–Crippen LogP) is 4.59. The lowest BCUT2D eigenvalue weighted by molar-refractivity contribution is -0.146. The van der Waals surface area contributed by atoms with Gasteiger partial charge in [-0.1, -0.05) is 32.1 Å². The molecular formula is C21H24O5. The van der Waals surface area contributed by atoms with Gasteiger partial charge in [0, 0.05) is 5.57 Å². The van der Waals surface area contributed by atoms with Crippen LogP contribution in [0.1, 0.15) is 43.5 Å². The van der Waals surface area contributed by atoms with Crippen LogP contribution in [0.5, 0.6) is 5.75 Å². The molecule has 5 nitrogen and oxygen atoms in total. The van der Waals surface area contributed by atoms with Gasteiger partial charge in [-0.2, -0.15) is 0 Å². The fraction of sp³-hybridized carbons (Fsp3) is 0.333. The van der Waals surface area contributed by atoms with E-state index in [1.54, 1.807) is 31.2 Å². The number of hydrogen-bond acceptors (Lipinski definition) is 4. The summed E-state index contributed by atoms with van der Waals surface area (Å²) in [5, 5.41) is 10.8. The van der Waals surface area contributed by atoms with Crippen molar-refractivity contribution in [2.45, 2.75) is 39.2 Å². The Morgan fingerprint density at radius 1 is 1.15 bits per heavy atom. The highest BCUT2D eigenvalue weighted by atomic mass is 16.6. The van der Waals surface area contributed by atoms with Gasteiger partial charge in [-0.15, -0.1) is 0 Å². The van der Waals surface area contributed by atoms with Crippen molar-refractivity contribution >= 4 is 22.7 Å². The van der Waals surface area contributed by atoms with E-state index in [-0.39, 0.29) is 18.3 Å². The molecule has 0 saturated heterocycles. The molecule has 1 atom stereocenters. The van der Waals surface area contributed by atoms with Crippen molar-refractivity contribution in [2.24, 2.45) is 0 Å². The molecule has 2 aromatic carbocycles. The first-order valence-electron chi connectivity index (χ1n) is 8.67. The number of rotatable bonds is 9. The van der Waals surface area contributed by atoms with Crippen molar-refractivity contribution in [1.29, 1.82) is 0 Å². The van der Waals surface area contributed by atoms with E-state index in [2.05, 4.69) is 13.5 Å². The van der Waals surface area contributed by atoms with Gasteiger partial charge in [0.2, 0.25) is 0 Å². The zero-order valence-electron chi connectivity index (χ0n) is 15.2. The van der Waals surface area contributed by atoms with E-state index in [9.17, 15) is 9.59 Å². The second-order valence-electron chi connectivity index (χ2n) is 6.29. The summed E-state index contributed by atoms with van der Waals surface area (Å²) in [6, 6.07) is 10.4.